The van der Waals surface area contributed by atoms with Gasteiger partial charge >= 0.3 is 5.97 Å². The molecule has 0 aromatic rings. The number of hydrogen-bond donors (Lipinski definition) is 3. The minimum absolute atomic E-state index is 0.0878. The zero-order valence-corrected chi connectivity index (χ0v) is 9.00. The molecule has 14 heavy (non-hydrogen) atoms. The molecular formula is C9H18N2O2S. The SMILES string of the molecule is N[C@H]1[C@H](N)CS[C@H]1CCCCC(=O)O. The highest BCUT2D eigenvalue weighted by atomic mass is 32.2. The molecule has 1 saturated heterocycles. The summed E-state index contributed by atoms with van der Waals surface area (Å²) >= 11 is 1.82. The van der Waals surface area contributed by atoms with Gasteiger partial charge in [-0.3, -0.25) is 4.79 Å². The van der Waals surface area contributed by atoms with Crippen molar-refractivity contribution >= 4 is 17.7 Å². The van der Waals surface area contributed by atoms with Crippen molar-refractivity contribution in [2.24, 2.45) is 11.5 Å². The van der Waals surface area contributed by atoms with Crippen molar-refractivity contribution in [2.45, 2.75) is 43.0 Å². The summed E-state index contributed by atoms with van der Waals surface area (Å²) in [5, 5.41) is 8.88. The average molecular weight is 218 g/mol. The van der Waals surface area contributed by atoms with Crippen molar-refractivity contribution in [3.8, 4) is 0 Å². The van der Waals surface area contributed by atoms with E-state index in [1.165, 1.54) is 0 Å². The van der Waals surface area contributed by atoms with Crippen LogP contribution in [0.25, 0.3) is 0 Å². The van der Waals surface area contributed by atoms with Crippen LogP contribution in [-0.2, 0) is 4.79 Å². The summed E-state index contributed by atoms with van der Waals surface area (Å²) in [4.78, 5) is 10.3. The van der Waals surface area contributed by atoms with Crippen molar-refractivity contribution < 1.29 is 9.90 Å². The molecular weight excluding hydrogens is 200 g/mol. The number of thioether (sulfide) groups is 1. The molecule has 0 spiro atoms. The van der Waals surface area contributed by atoms with E-state index in [1.54, 1.807) is 0 Å². The zero-order chi connectivity index (χ0) is 10.6. The lowest BCUT2D eigenvalue weighted by molar-refractivity contribution is -0.137. The Balaban J connectivity index is 2.10. The number of hydrogen-bond acceptors (Lipinski definition) is 4. The van der Waals surface area contributed by atoms with Gasteiger partial charge in [-0.25, -0.2) is 0 Å². The molecule has 1 aliphatic rings. The summed E-state index contributed by atoms with van der Waals surface area (Å²) in [6, 6.07) is 0.203. The monoisotopic (exact) mass is 218 g/mol. The molecule has 0 aliphatic carbocycles. The molecule has 0 radical (unpaired) electrons. The fourth-order valence-corrected chi connectivity index (χ4v) is 3.08. The molecule has 1 rings (SSSR count). The molecule has 3 atom stereocenters. The van der Waals surface area contributed by atoms with E-state index in [1.807, 2.05) is 11.8 Å². The first-order valence-corrected chi connectivity index (χ1v) is 6.00. The van der Waals surface area contributed by atoms with Crippen LogP contribution in [0.2, 0.25) is 0 Å². The van der Waals surface area contributed by atoms with Crippen molar-refractivity contribution in [1.29, 1.82) is 0 Å². The molecule has 0 aromatic heterocycles. The van der Waals surface area contributed by atoms with E-state index in [9.17, 15) is 4.79 Å². The average Bonchev–Trinajstić information content (AvgIpc) is 2.43. The Morgan fingerprint density at radius 1 is 1.43 bits per heavy atom. The summed E-state index contributed by atoms with van der Waals surface area (Å²) in [5.41, 5.74) is 11.7. The maximum atomic E-state index is 10.3. The second kappa shape index (κ2) is 5.58. The summed E-state index contributed by atoms with van der Waals surface area (Å²) in [6.45, 7) is 0. The molecule has 4 nitrogen and oxygen atoms in total. The van der Waals surface area contributed by atoms with Crippen LogP contribution < -0.4 is 11.5 Å². The number of carboxylic acid groups (broad SMARTS) is 1. The van der Waals surface area contributed by atoms with Crippen molar-refractivity contribution in [3.63, 3.8) is 0 Å². The van der Waals surface area contributed by atoms with E-state index in [2.05, 4.69) is 0 Å². The highest BCUT2D eigenvalue weighted by molar-refractivity contribution is 8.00. The van der Waals surface area contributed by atoms with Crippen LogP contribution in [0.3, 0.4) is 0 Å². The van der Waals surface area contributed by atoms with Gasteiger partial charge in [-0.15, -0.1) is 0 Å². The third kappa shape index (κ3) is 3.48. The predicted octanol–water partition coefficient (Wildman–Crippen LogP) is 0.401. The topological polar surface area (TPSA) is 89.3 Å². The molecule has 5 N–H and O–H groups in total. The van der Waals surface area contributed by atoms with Gasteiger partial charge in [-0.2, -0.15) is 11.8 Å². The normalized spacial score (nSPS) is 32.0. The number of carboxylic acids is 1. The van der Waals surface area contributed by atoms with Crippen molar-refractivity contribution in [3.05, 3.63) is 0 Å². The molecule has 5 heteroatoms. The van der Waals surface area contributed by atoms with Gasteiger partial charge in [-0.05, 0) is 12.8 Å². The number of rotatable bonds is 5. The molecule has 0 bridgehead atoms. The van der Waals surface area contributed by atoms with Gasteiger partial charge in [0, 0.05) is 29.5 Å². The predicted molar refractivity (Wildman–Crippen MR) is 58.3 cm³/mol. The van der Waals surface area contributed by atoms with Crippen molar-refractivity contribution in [1.82, 2.24) is 0 Å². The number of carbonyl (C=O) groups is 1. The molecule has 0 unspecified atom stereocenters. The lowest BCUT2D eigenvalue weighted by Crippen LogP contribution is -2.43. The Morgan fingerprint density at radius 3 is 2.64 bits per heavy atom. The number of nitrogens with two attached hydrogens (primary N) is 2. The molecule has 1 fully saturated rings. The largest absolute Gasteiger partial charge is 0.481 e. The maximum Gasteiger partial charge on any atom is 0.303 e. The number of aliphatic carboxylic acids is 1. The van der Waals surface area contributed by atoms with E-state index in [4.69, 9.17) is 16.6 Å². The quantitative estimate of drug-likeness (QED) is 0.581. The summed E-state index contributed by atoms with van der Waals surface area (Å²) in [6.07, 6.45) is 2.93. The van der Waals surface area contributed by atoms with E-state index >= 15 is 0 Å². The third-order valence-electron chi connectivity index (χ3n) is 2.56. The van der Waals surface area contributed by atoms with Gasteiger partial charge < -0.3 is 16.6 Å². The minimum Gasteiger partial charge on any atom is -0.481 e. The summed E-state index contributed by atoms with van der Waals surface area (Å²) < 4.78 is 0. The highest BCUT2D eigenvalue weighted by Gasteiger charge is 2.30. The van der Waals surface area contributed by atoms with Crippen LogP contribution in [0.1, 0.15) is 25.7 Å². The molecule has 1 heterocycles. The number of unbranched alkanes of at least 4 members (excludes halogenated alkanes) is 1. The Morgan fingerprint density at radius 2 is 2.14 bits per heavy atom. The van der Waals surface area contributed by atoms with Gasteiger partial charge in [0.2, 0.25) is 0 Å². The van der Waals surface area contributed by atoms with Gasteiger partial charge in [0.1, 0.15) is 0 Å². The first-order valence-electron chi connectivity index (χ1n) is 4.96. The Kier molecular flexibility index (Phi) is 4.71. The van der Waals surface area contributed by atoms with Crippen LogP contribution in [0.15, 0.2) is 0 Å². The smallest absolute Gasteiger partial charge is 0.303 e. The van der Waals surface area contributed by atoms with Gasteiger partial charge in [0.05, 0.1) is 0 Å². The second-order valence-electron chi connectivity index (χ2n) is 3.75. The Hall–Kier alpha value is -0.260. The van der Waals surface area contributed by atoms with Crippen LogP contribution in [0.4, 0.5) is 0 Å². The zero-order valence-electron chi connectivity index (χ0n) is 8.19. The van der Waals surface area contributed by atoms with Gasteiger partial charge in [0.25, 0.3) is 0 Å². The molecule has 0 amide bonds. The van der Waals surface area contributed by atoms with Crippen LogP contribution in [0, 0.1) is 0 Å². The fourth-order valence-electron chi connectivity index (χ4n) is 1.63. The van der Waals surface area contributed by atoms with Crippen LogP contribution >= 0.6 is 11.8 Å². The lowest BCUT2D eigenvalue weighted by Gasteiger charge is -2.16. The minimum atomic E-state index is -0.718. The van der Waals surface area contributed by atoms with E-state index in [0.29, 0.717) is 5.25 Å². The molecule has 0 saturated carbocycles. The third-order valence-corrected chi connectivity index (χ3v) is 4.11. The van der Waals surface area contributed by atoms with Crippen LogP contribution in [-0.4, -0.2) is 34.2 Å². The first-order chi connectivity index (χ1) is 6.61. The molecule has 1 aliphatic heterocycles. The van der Waals surface area contributed by atoms with Gasteiger partial charge in [0.15, 0.2) is 0 Å². The lowest BCUT2D eigenvalue weighted by atomic mass is 10.0. The maximum absolute atomic E-state index is 10.3. The van der Waals surface area contributed by atoms with Gasteiger partial charge in [-0.1, -0.05) is 6.42 Å². The summed E-state index contributed by atoms with van der Waals surface area (Å²) in [5.74, 6) is 0.218. The van der Waals surface area contributed by atoms with E-state index < -0.39 is 5.97 Å². The van der Waals surface area contributed by atoms with E-state index in [0.717, 1.165) is 25.0 Å². The molecule has 0 aromatic carbocycles. The fraction of sp³-hybridized carbons (Fsp3) is 0.889. The first kappa shape index (κ1) is 11.8. The molecule has 82 valence electrons. The standard InChI is InChI=1S/C9H18N2O2S/c10-6-5-14-7(9(6)11)3-1-2-4-8(12)13/h6-7,9H,1-5,10-11H2,(H,12,13)/t6-,7+,9+/m1/s1. The highest BCUT2D eigenvalue weighted by Crippen LogP contribution is 2.28. The Bertz CT molecular complexity index is 201. The van der Waals surface area contributed by atoms with E-state index in [-0.39, 0.29) is 18.5 Å². The second-order valence-corrected chi connectivity index (χ2v) is 5.02. The summed E-state index contributed by atoms with van der Waals surface area (Å²) in [7, 11) is 0. The van der Waals surface area contributed by atoms with Crippen molar-refractivity contribution in [2.75, 3.05) is 5.75 Å². The Labute approximate surface area is 88.4 Å². The van der Waals surface area contributed by atoms with Crippen LogP contribution in [0.5, 0.6) is 0 Å².